The highest BCUT2D eigenvalue weighted by molar-refractivity contribution is 6.35. The van der Waals surface area contributed by atoms with Gasteiger partial charge >= 0.3 is 0 Å². The molecule has 0 aliphatic heterocycles. The Kier molecular flexibility index (Phi) is 4.30. The summed E-state index contributed by atoms with van der Waals surface area (Å²) in [7, 11) is 0. The van der Waals surface area contributed by atoms with Crippen LogP contribution < -0.4 is 5.32 Å². The van der Waals surface area contributed by atoms with Crippen molar-refractivity contribution in [1.29, 1.82) is 0 Å². The molecule has 1 aromatic carbocycles. The Balaban J connectivity index is 2.31. The van der Waals surface area contributed by atoms with E-state index in [1.807, 2.05) is 6.92 Å². The summed E-state index contributed by atoms with van der Waals surface area (Å²) in [6.07, 6.45) is 0. The van der Waals surface area contributed by atoms with Gasteiger partial charge in [-0.15, -0.1) is 0 Å². The minimum atomic E-state index is -0.433. The number of rotatable bonds is 2. The molecule has 2 aromatic rings. The second kappa shape index (κ2) is 5.78. The molecule has 0 saturated heterocycles. The quantitative estimate of drug-likeness (QED) is 0.823. The number of aromatic nitrogens is 1. The van der Waals surface area contributed by atoms with E-state index >= 15 is 0 Å². The van der Waals surface area contributed by atoms with Crippen LogP contribution in [0, 0.1) is 6.92 Å². The van der Waals surface area contributed by atoms with E-state index in [1.54, 1.807) is 18.2 Å². The zero-order chi connectivity index (χ0) is 14.0. The third-order valence-electron chi connectivity index (χ3n) is 2.54. The van der Waals surface area contributed by atoms with Gasteiger partial charge < -0.3 is 5.32 Å². The van der Waals surface area contributed by atoms with Gasteiger partial charge in [-0.3, -0.25) is 4.79 Å². The normalized spacial score (nSPS) is 10.3. The molecule has 0 spiro atoms. The zero-order valence-corrected chi connectivity index (χ0v) is 12.1. The predicted octanol–water partition coefficient (Wildman–Crippen LogP) is 4.60. The number of carbonyl (C=O) groups excluding carboxylic acids is 1. The number of carbonyl (C=O) groups is 1. The van der Waals surface area contributed by atoms with Crippen molar-refractivity contribution in [3.05, 3.63) is 56.8 Å². The van der Waals surface area contributed by atoms with E-state index in [0.717, 1.165) is 5.56 Å². The molecule has 1 amide bonds. The van der Waals surface area contributed by atoms with Crippen LogP contribution in [0.2, 0.25) is 15.2 Å². The molecule has 98 valence electrons. The van der Waals surface area contributed by atoms with Crippen LogP contribution in [0.1, 0.15) is 16.1 Å². The molecule has 0 bridgehead atoms. The van der Waals surface area contributed by atoms with Crippen molar-refractivity contribution in [1.82, 2.24) is 4.98 Å². The zero-order valence-electron chi connectivity index (χ0n) is 9.88. The van der Waals surface area contributed by atoms with E-state index in [-0.39, 0.29) is 15.9 Å². The number of pyridine rings is 1. The molecular weight excluding hydrogens is 307 g/mol. The first kappa shape index (κ1) is 14.1. The number of nitrogens with zero attached hydrogens (tertiary/aromatic N) is 1. The Morgan fingerprint density at radius 2 is 1.84 bits per heavy atom. The standard InChI is InChI=1S/C13H9Cl3N2O/c1-7-8(14)3-2-4-10(7)17-13(19)12-9(15)5-6-11(16)18-12/h2-6H,1H3,(H,17,19). The fourth-order valence-corrected chi connectivity index (χ4v) is 2.02. The molecule has 2 rings (SSSR count). The number of nitrogens with one attached hydrogen (secondary N) is 1. The Morgan fingerprint density at radius 3 is 2.58 bits per heavy atom. The lowest BCUT2D eigenvalue weighted by atomic mass is 10.2. The summed E-state index contributed by atoms with van der Waals surface area (Å²) in [6.45, 7) is 1.81. The van der Waals surface area contributed by atoms with Crippen LogP contribution in [0.4, 0.5) is 5.69 Å². The summed E-state index contributed by atoms with van der Waals surface area (Å²) in [5, 5.41) is 3.72. The molecule has 0 unspecified atom stereocenters. The number of anilines is 1. The van der Waals surface area contributed by atoms with E-state index in [9.17, 15) is 4.79 Å². The second-order valence-electron chi connectivity index (χ2n) is 3.83. The van der Waals surface area contributed by atoms with Gasteiger partial charge in [-0.25, -0.2) is 4.98 Å². The molecule has 0 saturated carbocycles. The Morgan fingerprint density at radius 1 is 1.11 bits per heavy atom. The van der Waals surface area contributed by atoms with Gasteiger partial charge in [0.2, 0.25) is 0 Å². The molecule has 0 aliphatic rings. The molecule has 1 heterocycles. The first-order chi connectivity index (χ1) is 8.99. The van der Waals surface area contributed by atoms with Gasteiger partial charge in [0.15, 0.2) is 0 Å². The van der Waals surface area contributed by atoms with Crippen molar-refractivity contribution in [3.63, 3.8) is 0 Å². The first-order valence-electron chi connectivity index (χ1n) is 5.37. The lowest BCUT2D eigenvalue weighted by Crippen LogP contribution is -2.15. The maximum absolute atomic E-state index is 12.1. The molecule has 0 aliphatic carbocycles. The average Bonchev–Trinajstić information content (AvgIpc) is 2.38. The van der Waals surface area contributed by atoms with Gasteiger partial charge in [-0.05, 0) is 36.8 Å². The van der Waals surface area contributed by atoms with Crippen LogP contribution in [-0.4, -0.2) is 10.9 Å². The lowest BCUT2D eigenvalue weighted by molar-refractivity contribution is 0.102. The largest absolute Gasteiger partial charge is 0.320 e. The van der Waals surface area contributed by atoms with Crippen molar-refractivity contribution in [2.24, 2.45) is 0 Å². The number of hydrogen-bond acceptors (Lipinski definition) is 2. The molecular formula is C13H9Cl3N2O. The van der Waals surface area contributed by atoms with Crippen LogP contribution in [0.25, 0.3) is 0 Å². The Labute approximate surface area is 125 Å². The topological polar surface area (TPSA) is 42.0 Å². The molecule has 3 nitrogen and oxygen atoms in total. The predicted molar refractivity (Wildman–Crippen MR) is 78.4 cm³/mol. The third-order valence-corrected chi connectivity index (χ3v) is 3.47. The van der Waals surface area contributed by atoms with Crippen molar-refractivity contribution >= 4 is 46.4 Å². The van der Waals surface area contributed by atoms with Crippen molar-refractivity contribution in [3.8, 4) is 0 Å². The van der Waals surface area contributed by atoms with Crippen LogP contribution in [0.15, 0.2) is 30.3 Å². The van der Waals surface area contributed by atoms with E-state index in [2.05, 4.69) is 10.3 Å². The maximum atomic E-state index is 12.1. The highest BCUT2D eigenvalue weighted by Crippen LogP contribution is 2.24. The number of amides is 1. The minimum Gasteiger partial charge on any atom is -0.320 e. The van der Waals surface area contributed by atoms with Crippen LogP contribution >= 0.6 is 34.8 Å². The molecule has 19 heavy (non-hydrogen) atoms. The smallest absolute Gasteiger partial charge is 0.275 e. The summed E-state index contributed by atoms with van der Waals surface area (Å²) in [4.78, 5) is 16.0. The summed E-state index contributed by atoms with van der Waals surface area (Å²) in [6, 6.07) is 8.29. The lowest BCUT2D eigenvalue weighted by Gasteiger charge is -2.09. The fourth-order valence-electron chi connectivity index (χ4n) is 1.50. The highest BCUT2D eigenvalue weighted by Gasteiger charge is 2.14. The fraction of sp³-hybridized carbons (Fsp3) is 0.0769. The second-order valence-corrected chi connectivity index (χ2v) is 5.03. The van der Waals surface area contributed by atoms with Crippen LogP contribution in [0.5, 0.6) is 0 Å². The molecule has 0 atom stereocenters. The minimum absolute atomic E-state index is 0.0774. The van der Waals surface area contributed by atoms with Gasteiger partial charge in [-0.1, -0.05) is 40.9 Å². The third kappa shape index (κ3) is 3.18. The summed E-state index contributed by atoms with van der Waals surface area (Å²) >= 11 is 17.7. The maximum Gasteiger partial charge on any atom is 0.275 e. The summed E-state index contributed by atoms with van der Waals surface area (Å²) < 4.78 is 0. The van der Waals surface area contributed by atoms with E-state index in [4.69, 9.17) is 34.8 Å². The molecule has 0 radical (unpaired) electrons. The van der Waals surface area contributed by atoms with E-state index < -0.39 is 5.91 Å². The Hall–Kier alpha value is -1.29. The van der Waals surface area contributed by atoms with Crippen molar-refractivity contribution < 1.29 is 4.79 Å². The van der Waals surface area contributed by atoms with E-state index in [0.29, 0.717) is 10.7 Å². The highest BCUT2D eigenvalue weighted by atomic mass is 35.5. The van der Waals surface area contributed by atoms with Gasteiger partial charge in [0.1, 0.15) is 10.8 Å². The number of benzene rings is 1. The van der Waals surface area contributed by atoms with Crippen LogP contribution in [0.3, 0.4) is 0 Å². The monoisotopic (exact) mass is 314 g/mol. The Bertz CT molecular complexity index is 644. The molecule has 0 fully saturated rings. The van der Waals surface area contributed by atoms with Crippen molar-refractivity contribution in [2.45, 2.75) is 6.92 Å². The van der Waals surface area contributed by atoms with Gasteiger partial charge in [-0.2, -0.15) is 0 Å². The number of halogens is 3. The van der Waals surface area contributed by atoms with Crippen molar-refractivity contribution in [2.75, 3.05) is 5.32 Å². The number of hydrogen-bond donors (Lipinski definition) is 1. The van der Waals surface area contributed by atoms with Gasteiger partial charge in [0.05, 0.1) is 5.02 Å². The van der Waals surface area contributed by atoms with E-state index in [1.165, 1.54) is 12.1 Å². The van der Waals surface area contributed by atoms with Crippen LogP contribution in [-0.2, 0) is 0 Å². The summed E-state index contributed by atoms with van der Waals surface area (Å²) in [5.41, 5.74) is 1.46. The molecule has 6 heteroatoms. The first-order valence-corrected chi connectivity index (χ1v) is 6.51. The summed E-state index contributed by atoms with van der Waals surface area (Å²) in [5.74, 6) is -0.433. The SMILES string of the molecule is Cc1c(Cl)cccc1NC(=O)c1nc(Cl)ccc1Cl. The van der Waals surface area contributed by atoms with Gasteiger partial charge in [0, 0.05) is 10.7 Å². The molecule has 1 aromatic heterocycles. The average molecular weight is 316 g/mol. The van der Waals surface area contributed by atoms with Gasteiger partial charge in [0.25, 0.3) is 5.91 Å². The molecule has 1 N–H and O–H groups in total.